The largest absolute Gasteiger partial charge is 0.330 e. The molecule has 3 nitrogen and oxygen atoms in total. The number of nitrogens with zero attached hydrogens (tertiary/aromatic N) is 2. The van der Waals surface area contributed by atoms with Gasteiger partial charge >= 0.3 is 0 Å². The van der Waals surface area contributed by atoms with Crippen molar-refractivity contribution in [3.63, 3.8) is 0 Å². The Balaban J connectivity index is 2.02. The standard InChI is InChI=1S/C11H25N3/c1-11(10-12)4-3-5-14-8-6-13(2)7-9-14/h11H,3-10,12H2,1-2H3. The molecule has 3 heteroatoms. The lowest BCUT2D eigenvalue weighted by molar-refractivity contribution is 0.150. The summed E-state index contributed by atoms with van der Waals surface area (Å²) in [5.41, 5.74) is 5.59. The van der Waals surface area contributed by atoms with Crippen LogP contribution in [0.15, 0.2) is 0 Å². The third-order valence-corrected chi connectivity index (χ3v) is 3.17. The molecule has 1 atom stereocenters. The molecule has 0 aromatic rings. The topological polar surface area (TPSA) is 32.5 Å². The molecule has 1 heterocycles. The van der Waals surface area contributed by atoms with Gasteiger partial charge in [-0.25, -0.2) is 0 Å². The first-order chi connectivity index (χ1) is 6.72. The van der Waals surface area contributed by atoms with Gasteiger partial charge in [-0.15, -0.1) is 0 Å². The fourth-order valence-electron chi connectivity index (χ4n) is 1.85. The van der Waals surface area contributed by atoms with E-state index in [-0.39, 0.29) is 0 Å². The molecular formula is C11H25N3. The Hall–Kier alpha value is -0.120. The van der Waals surface area contributed by atoms with Crippen molar-refractivity contribution in [2.24, 2.45) is 11.7 Å². The predicted molar refractivity (Wildman–Crippen MR) is 61.4 cm³/mol. The Labute approximate surface area is 88.2 Å². The summed E-state index contributed by atoms with van der Waals surface area (Å²) in [6, 6.07) is 0. The molecular weight excluding hydrogens is 174 g/mol. The van der Waals surface area contributed by atoms with Crippen molar-refractivity contribution >= 4 is 0 Å². The molecule has 0 amide bonds. The van der Waals surface area contributed by atoms with Crippen LogP contribution in [-0.4, -0.2) is 56.1 Å². The first-order valence-electron chi connectivity index (χ1n) is 5.83. The lowest BCUT2D eigenvalue weighted by Gasteiger charge is -2.32. The van der Waals surface area contributed by atoms with Gasteiger partial charge in [0.15, 0.2) is 0 Å². The molecule has 2 N–H and O–H groups in total. The van der Waals surface area contributed by atoms with Crippen LogP contribution in [0.25, 0.3) is 0 Å². The van der Waals surface area contributed by atoms with E-state index in [1.54, 1.807) is 0 Å². The number of rotatable bonds is 5. The maximum Gasteiger partial charge on any atom is 0.0110 e. The van der Waals surface area contributed by atoms with E-state index < -0.39 is 0 Å². The lowest BCUT2D eigenvalue weighted by atomic mass is 10.1. The zero-order chi connectivity index (χ0) is 10.4. The van der Waals surface area contributed by atoms with Crippen molar-refractivity contribution in [1.82, 2.24) is 9.80 Å². The Bertz CT molecular complexity index is 141. The van der Waals surface area contributed by atoms with E-state index in [0.29, 0.717) is 5.92 Å². The van der Waals surface area contributed by atoms with E-state index in [1.807, 2.05) is 0 Å². The van der Waals surface area contributed by atoms with Crippen LogP contribution in [0.4, 0.5) is 0 Å². The van der Waals surface area contributed by atoms with Gasteiger partial charge in [0.25, 0.3) is 0 Å². The second-order valence-electron chi connectivity index (χ2n) is 4.63. The Morgan fingerprint density at radius 2 is 1.86 bits per heavy atom. The van der Waals surface area contributed by atoms with Crippen LogP contribution < -0.4 is 5.73 Å². The average molecular weight is 199 g/mol. The summed E-state index contributed by atoms with van der Waals surface area (Å²) in [6.45, 7) is 9.28. The van der Waals surface area contributed by atoms with Gasteiger partial charge in [0.2, 0.25) is 0 Å². The van der Waals surface area contributed by atoms with Gasteiger partial charge in [-0.1, -0.05) is 6.92 Å². The van der Waals surface area contributed by atoms with Gasteiger partial charge in [0.05, 0.1) is 0 Å². The summed E-state index contributed by atoms with van der Waals surface area (Å²) in [4.78, 5) is 4.97. The first kappa shape index (κ1) is 12.0. The van der Waals surface area contributed by atoms with E-state index in [2.05, 4.69) is 23.8 Å². The number of piperazine rings is 1. The van der Waals surface area contributed by atoms with E-state index in [9.17, 15) is 0 Å². The van der Waals surface area contributed by atoms with Gasteiger partial charge in [-0.2, -0.15) is 0 Å². The summed E-state index contributed by atoms with van der Waals surface area (Å²) < 4.78 is 0. The Morgan fingerprint density at radius 3 is 2.43 bits per heavy atom. The van der Waals surface area contributed by atoms with Crippen molar-refractivity contribution < 1.29 is 0 Å². The molecule has 1 aliphatic heterocycles. The van der Waals surface area contributed by atoms with Crippen LogP contribution in [0.5, 0.6) is 0 Å². The molecule has 0 spiro atoms. The highest BCUT2D eigenvalue weighted by Crippen LogP contribution is 2.06. The van der Waals surface area contributed by atoms with Crippen LogP contribution >= 0.6 is 0 Å². The van der Waals surface area contributed by atoms with Crippen LogP contribution in [0.3, 0.4) is 0 Å². The highest BCUT2D eigenvalue weighted by atomic mass is 15.2. The van der Waals surface area contributed by atoms with Gasteiger partial charge < -0.3 is 15.5 Å². The normalized spacial score (nSPS) is 22.5. The second kappa shape index (κ2) is 6.38. The second-order valence-corrected chi connectivity index (χ2v) is 4.63. The van der Waals surface area contributed by atoms with Gasteiger partial charge in [0.1, 0.15) is 0 Å². The summed E-state index contributed by atoms with van der Waals surface area (Å²) in [5.74, 6) is 0.697. The molecule has 14 heavy (non-hydrogen) atoms. The minimum atomic E-state index is 0.697. The van der Waals surface area contributed by atoms with Crippen LogP contribution in [0.1, 0.15) is 19.8 Å². The minimum absolute atomic E-state index is 0.697. The molecule has 1 aliphatic rings. The number of hydrogen-bond donors (Lipinski definition) is 1. The van der Waals surface area contributed by atoms with Crippen LogP contribution in [-0.2, 0) is 0 Å². The van der Waals surface area contributed by atoms with E-state index in [1.165, 1.54) is 45.6 Å². The van der Waals surface area contributed by atoms with Crippen molar-refractivity contribution in [3.8, 4) is 0 Å². The zero-order valence-corrected chi connectivity index (χ0v) is 9.71. The molecule has 1 rings (SSSR count). The summed E-state index contributed by atoms with van der Waals surface area (Å²) in [5, 5.41) is 0. The van der Waals surface area contributed by atoms with E-state index in [0.717, 1.165) is 6.54 Å². The third kappa shape index (κ3) is 4.40. The number of hydrogen-bond acceptors (Lipinski definition) is 3. The molecule has 0 radical (unpaired) electrons. The molecule has 1 unspecified atom stereocenters. The first-order valence-corrected chi connectivity index (χ1v) is 5.83. The maximum atomic E-state index is 5.59. The molecule has 0 aromatic carbocycles. The molecule has 1 fully saturated rings. The highest BCUT2D eigenvalue weighted by Gasteiger charge is 2.12. The predicted octanol–water partition coefficient (Wildman–Crippen LogP) is 0.609. The minimum Gasteiger partial charge on any atom is -0.330 e. The number of likely N-dealkylation sites (N-methyl/N-ethyl adjacent to an activating group) is 1. The molecule has 0 aliphatic carbocycles. The maximum absolute atomic E-state index is 5.59. The highest BCUT2D eigenvalue weighted by molar-refractivity contribution is 4.69. The van der Waals surface area contributed by atoms with Gasteiger partial charge in [-0.3, -0.25) is 0 Å². The van der Waals surface area contributed by atoms with E-state index in [4.69, 9.17) is 5.73 Å². The average Bonchev–Trinajstić information content (AvgIpc) is 2.21. The smallest absolute Gasteiger partial charge is 0.0110 e. The fourth-order valence-corrected chi connectivity index (χ4v) is 1.85. The van der Waals surface area contributed by atoms with Crippen LogP contribution in [0, 0.1) is 5.92 Å². The summed E-state index contributed by atoms with van der Waals surface area (Å²) in [7, 11) is 2.20. The Kier molecular flexibility index (Phi) is 5.45. The molecule has 1 saturated heterocycles. The molecule has 0 saturated carbocycles. The summed E-state index contributed by atoms with van der Waals surface area (Å²) >= 11 is 0. The Morgan fingerprint density at radius 1 is 1.21 bits per heavy atom. The molecule has 84 valence electrons. The van der Waals surface area contributed by atoms with Gasteiger partial charge in [-0.05, 0) is 38.9 Å². The molecule has 0 aromatic heterocycles. The fraction of sp³-hybridized carbons (Fsp3) is 1.00. The van der Waals surface area contributed by atoms with Crippen molar-refractivity contribution in [1.29, 1.82) is 0 Å². The summed E-state index contributed by atoms with van der Waals surface area (Å²) in [6.07, 6.45) is 2.59. The lowest BCUT2D eigenvalue weighted by Crippen LogP contribution is -2.44. The quantitative estimate of drug-likeness (QED) is 0.704. The monoisotopic (exact) mass is 199 g/mol. The van der Waals surface area contributed by atoms with E-state index >= 15 is 0 Å². The zero-order valence-electron chi connectivity index (χ0n) is 9.71. The third-order valence-electron chi connectivity index (χ3n) is 3.17. The van der Waals surface area contributed by atoms with Crippen molar-refractivity contribution in [2.45, 2.75) is 19.8 Å². The SMILES string of the molecule is CC(CN)CCCN1CCN(C)CC1. The van der Waals surface area contributed by atoms with Crippen LogP contribution in [0.2, 0.25) is 0 Å². The van der Waals surface area contributed by atoms with Crippen molar-refractivity contribution in [2.75, 3.05) is 46.3 Å². The number of nitrogens with two attached hydrogens (primary N) is 1. The van der Waals surface area contributed by atoms with Crippen molar-refractivity contribution in [3.05, 3.63) is 0 Å². The van der Waals surface area contributed by atoms with Gasteiger partial charge in [0, 0.05) is 26.2 Å². The molecule has 0 bridgehead atoms.